The summed E-state index contributed by atoms with van der Waals surface area (Å²) in [7, 11) is 0. The van der Waals surface area contributed by atoms with E-state index in [4.69, 9.17) is 0 Å². The lowest BCUT2D eigenvalue weighted by molar-refractivity contribution is -0.124. The topological polar surface area (TPSA) is 42.0 Å². The Balaban J connectivity index is 2.13. The lowest BCUT2D eigenvalue weighted by Crippen LogP contribution is -2.31. The highest BCUT2D eigenvalue weighted by Crippen LogP contribution is 2.38. The summed E-state index contributed by atoms with van der Waals surface area (Å²) in [6, 6.07) is 2.21. The van der Waals surface area contributed by atoms with Gasteiger partial charge in [0.2, 0.25) is 17.8 Å². The SMILES string of the molecule is CC1(C(=O)Nc2ccc(F)nc2F)CCCC1. The van der Waals surface area contributed by atoms with E-state index < -0.39 is 17.3 Å². The van der Waals surface area contributed by atoms with E-state index >= 15 is 0 Å². The van der Waals surface area contributed by atoms with E-state index in [0.717, 1.165) is 31.7 Å². The maximum absolute atomic E-state index is 13.3. The smallest absolute Gasteiger partial charge is 0.239 e. The average molecular weight is 240 g/mol. The van der Waals surface area contributed by atoms with Crippen LogP contribution in [0.25, 0.3) is 0 Å². The Morgan fingerprint density at radius 1 is 1.35 bits per heavy atom. The number of nitrogens with zero attached hydrogens (tertiary/aromatic N) is 1. The first kappa shape index (κ1) is 12.0. The molecule has 1 saturated carbocycles. The molecular formula is C12H14F2N2O. The van der Waals surface area contributed by atoms with Crippen molar-refractivity contribution in [1.82, 2.24) is 4.98 Å². The van der Waals surface area contributed by atoms with E-state index in [1.807, 2.05) is 6.92 Å². The van der Waals surface area contributed by atoms with Gasteiger partial charge in [-0.1, -0.05) is 19.8 Å². The van der Waals surface area contributed by atoms with Crippen LogP contribution in [0.2, 0.25) is 0 Å². The van der Waals surface area contributed by atoms with Gasteiger partial charge in [-0.2, -0.15) is 13.8 Å². The molecule has 1 aromatic rings. The zero-order valence-electron chi connectivity index (χ0n) is 9.59. The van der Waals surface area contributed by atoms with E-state index in [1.165, 1.54) is 6.07 Å². The first-order valence-electron chi connectivity index (χ1n) is 5.65. The van der Waals surface area contributed by atoms with Crippen LogP contribution in [-0.2, 0) is 4.79 Å². The Hall–Kier alpha value is -1.52. The molecule has 1 heterocycles. The third kappa shape index (κ3) is 2.43. The standard InChI is InChI=1S/C12H14F2N2O/c1-12(6-2-3-7-12)11(17)15-8-4-5-9(13)16-10(8)14/h4-5H,2-3,6-7H2,1H3,(H,15,17). The quantitative estimate of drug-likeness (QED) is 0.807. The molecule has 1 aromatic heterocycles. The summed E-state index contributed by atoms with van der Waals surface area (Å²) in [6.07, 6.45) is 3.62. The first-order valence-corrected chi connectivity index (χ1v) is 5.65. The van der Waals surface area contributed by atoms with Gasteiger partial charge in [0.25, 0.3) is 0 Å². The number of rotatable bonds is 2. The molecule has 2 rings (SSSR count). The normalized spacial score (nSPS) is 18.1. The maximum atomic E-state index is 13.3. The predicted octanol–water partition coefficient (Wildman–Crippen LogP) is 2.88. The van der Waals surface area contributed by atoms with Gasteiger partial charge in [0.15, 0.2) is 0 Å². The molecule has 0 radical (unpaired) electrons. The van der Waals surface area contributed by atoms with Gasteiger partial charge in [-0.3, -0.25) is 4.79 Å². The number of hydrogen-bond acceptors (Lipinski definition) is 2. The molecule has 0 atom stereocenters. The van der Waals surface area contributed by atoms with Gasteiger partial charge >= 0.3 is 0 Å². The number of aromatic nitrogens is 1. The van der Waals surface area contributed by atoms with Crippen LogP contribution in [0, 0.1) is 17.3 Å². The fourth-order valence-corrected chi connectivity index (χ4v) is 2.16. The number of nitrogens with one attached hydrogen (secondary N) is 1. The highest BCUT2D eigenvalue weighted by Gasteiger charge is 2.36. The lowest BCUT2D eigenvalue weighted by atomic mass is 9.88. The number of hydrogen-bond donors (Lipinski definition) is 1. The summed E-state index contributed by atoms with van der Waals surface area (Å²) in [5, 5.41) is 2.48. The Morgan fingerprint density at radius 2 is 2.00 bits per heavy atom. The largest absolute Gasteiger partial charge is 0.322 e. The van der Waals surface area contributed by atoms with Gasteiger partial charge in [-0.25, -0.2) is 0 Å². The Labute approximate surface area is 98.2 Å². The number of carbonyl (C=O) groups is 1. The van der Waals surface area contributed by atoms with Crippen LogP contribution in [0.3, 0.4) is 0 Å². The van der Waals surface area contributed by atoms with Crippen molar-refractivity contribution in [1.29, 1.82) is 0 Å². The van der Waals surface area contributed by atoms with Gasteiger partial charge < -0.3 is 5.32 Å². The lowest BCUT2D eigenvalue weighted by Gasteiger charge is -2.22. The third-order valence-electron chi connectivity index (χ3n) is 3.32. The molecule has 0 saturated heterocycles. The van der Waals surface area contributed by atoms with Gasteiger partial charge in [-0.15, -0.1) is 0 Å². The fourth-order valence-electron chi connectivity index (χ4n) is 2.16. The molecule has 1 aliphatic carbocycles. The monoisotopic (exact) mass is 240 g/mol. The van der Waals surface area contributed by atoms with Crippen molar-refractivity contribution in [2.24, 2.45) is 5.41 Å². The van der Waals surface area contributed by atoms with Gasteiger partial charge in [-0.05, 0) is 25.0 Å². The van der Waals surface area contributed by atoms with Crippen molar-refractivity contribution >= 4 is 11.6 Å². The summed E-state index contributed by atoms with van der Waals surface area (Å²) in [6.45, 7) is 1.87. The minimum atomic E-state index is -0.986. The Morgan fingerprint density at radius 3 is 2.59 bits per heavy atom. The summed E-state index contributed by atoms with van der Waals surface area (Å²) in [5.41, 5.74) is -0.509. The summed E-state index contributed by atoms with van der Waals surface area (Å²) in [5.74, 6) is -2.10. The molecule has 5 heteroatoms. The van der Waals surface area contributed by atoms with Crippen LogP contribution >= 0.6 is 0 Å². The van der Waals surface area contributed by atoms with Gasteiger partial charge in [0.1, 0.15) is 0 Å². The predicted molar refractivity (Wildman–Crippen MR) is 59.4 cm³/mol. The molecule has 1 amide bonds. The van der Waals surface area contributed by atoms with E-state index in [0.29, 0.717) is 0 Å². The molecule has 3 nitrogen and oxygen atoms in total. The van der Waals surface area contributed by atoms with Gasteiger partial charge in [0, 0.05) is 5.41 Å². The molecule has 1 N–H and O–H groups in total. The fraction of sp³-hybridized carbons (Fsp3) is 0.500. The van der Waals surface area contributed by atoms with Gasteiger partial charge in [0.05, 0.1) is 5.69 Å². The minimum absolute atomic E-state index is 0.0653. The molecule has 92 valence electrons. The zero-order valence-corrected chi connectivity index (χ0v) is 9.59. The van der Waals surface area contributed by atoms with Crippen LogP contribution in [0.15, 0.2) is 12.1 Å². The Bertz CT molecular complexity index is 442. The molecule has 0 spiro atoms. The number of amides is 1. The minimum Gasteiger partial charge on any atom is -0.322 e. The molecule has 0 aromatic carbocycles. The first-order chi connectivity index (χ1) is 8.01. The summed E-state index contributed by atoms with van der Waals surface area (Å²) >= 11 is 0. The molecule has 1 fully saturated rings. The van der Waals surface area contributed by atoms with Crippen molar-refractivity contribution < 1.29 is 13.6 Å². The number of carbonyl (C=O) groups excluding carboxylic acids is 1. The van der Waals surface area contributed by atoms with Crippen molar-refractivity contribution in [3.8, 4) is 0 Å². The summed E-state index contributed by atoms with van der Waals surface area (Å²) < 4.78 is 25.9. The second-order valence-electron chi connectivity index (χ2n) is 4.69. The van der Waals surface area contributed by atoms with E-state index in [9.17, 15) is 13.6 Å². The van der Waals surface area contributed by atoms with Crippen molar-refractivity contribution in [3.63, 3.8) is 0 Å². The van der Waals surface area contributed by atoms with E-state index in [-0.39, 0.29) is 11.6 Å². The number of pyridine rings is 1. The van der Waals surface area contributed by atoms with Crippen LogP contribution in [0.1, 0.15) is 32.6 Å². The van der Waals surface area contributed by atoms with Crippen LogP contribution in [-0.4, -0.2) is 10.9 Å². The van der Waals surface area contributed by atoms with Crippen molar-refractivity contribution in [3.05, 3.63) is 24.0 Å². The van der Waals surface area contributed by atoms with Crippen LogP contribution in [0.4, 0.5) is 14.5 Å². The molecular weight excluding hydrogens is 226 g/mol. The van der Waals surface area contributed by atoms with Crippen LogP contribution in [0.5, 0.6) is 0 Å². The Kier molecular flexibility index (Phi) is 3.09. The molecule has 17 heavy (non-hydrogen) atoms. The highest BCUT2D eigenvalue weighted by atomic mass is 19.1. The van der Waals surface area contributed by atoms with Crippen LogP contribution < -0.4 is 5.32 Å². The molecule has 0 bridgehead atoms. The number of anilines is 1. The maximum Gasteiger partial charge on any atom is 0.239 e. The van der Waals surface area contributed by atoms with Crippen molar-refractivity contribution in [2.45, 2.75) is 32.6 Å². The third-order valence-corrected chi connectivity index (χ3v) is 3.32. The average Bonchev–Trinajstić information content (AvgIpc) is 2.71. The second-order valence-corrected chi connectivity index (χ2v) is 4.69. The molecule has 0 unspecified atom stereocenters. The zero-order chi connectivity index (χ0) is 12.5. The molecule has 1 aliphatic rings. The van der Waals surface area contributed by atoms with Crippen molar-refractivity contribution in [2.75, 3.05) is 5.32 Å². The number of halogens is 2. The van der Waals surface area contributed by atoms with E-state index in [1.54, 1.807) is 0 Å². The second kappa shape index (κ2) is 4.39. The summed E-state index contributed by atoms with van der Waals surface area (Å²) in [4.78, 5) is 15.0. The van der Waals surface area contributed by atoms with E-state index in [2.05, 4.69) is 10.3 Å². The molecule has 0 aliphatic heterocycles. The highest BCUT2D eigenvalue weighted by molar-refractivity contribution is 5.95.